The van der Waals surface area contributed by atoms with Crippen molar-refractivity contribution < 1.29 is 9.59 Å². The minimum absolute atomic E-state index is 0.0756. The Morgan fingerprint density at radius 1 is 1.50 bits per heavy atom. The van der Waals surface area contributed by atoms with Gasteiger partial charge in [0.25, 0.3) is 0 Å². The fourth-order valence-corrected chi connectivity index (χ4v) is 4.11. The van der Waals surface area contributed by atoms with Crippen LogP contribution in [0.5, 0.6) is 0 Å². The second-order valence-electron chi connectivity index (χ2n) is 7.08. The second-order valence-corrected chi connectivity index (χ2v) is 8.11. The molecule has 4 nitrogen and oxygen atoms in total. The lowest BCUT2D eigenvalue weighted by molar-refractivity contribution is -0.131. The van der Waals surface area contributed by atoms with Crippen LogP contribution in [0.4, 0.5) is 0 Å². The van der Waals surface area contributed by atoms with Crippen molar-refractivity contribution in [1.29, 1.82) is 0 Å². The number of carbonyl (C=O) groups is 2. The lowest BCUT2D eigenvalue weighted by Crippen LogP contribution is -2.31. The summed E-state index contributed by atoms with van der Waals surface area (Å²) < 4.78 is 0. The van der Waals surface area contributed by atoms with Gasteiger partial charge in [-0.15, -0.1) is 11.3 Å². The third-order valence-electron chi connectivity index (χ3n) is 4.84. The van der Waals surface area contributed by atoms with E-state index in [2.05, 4.69) is 19.2 Å². The first kappa shape index (κ1) is 15.5. The van der Waals surface area contributed by atoms with E-state index >= 15 is 0 Å². The van der Waals surface area contributed by atoms with Crippen molar-refractivity contribution in [2.75, 3.05) is 13.1 Å². The van der Waals surface area contributed by atoms with Crippen LogP contribution >= 0.6 is 11.3 Å². The van der Waals surface area contributed by atoms with E-state index in [0.717, 1.165) is 25.9 Å². The number of amides is 2. The first-order valence-corrected chi connectivity index (χ1v) is 8.96. The van der Waals surface area contributed by atoms with E-state index < -0.39 is 0 Å². The first-order valence-electron chi connectivity index (χ1n) is 8.08. The van der Waals surface area contributed by atoms with Crippen LogP contribution in [-0.4, -0.2) is 29.8 Å². The minimum Gasteiger partial charge on any atom is -0.351 e. The van der Waals surface area contributed by atoms with Crippen molar-refractivity contribution in [2.45, 2.75) is 39.7 Å². The molecule has 1 aromatic rings. The number of likely N-dealkylation sites (tertiary alicyclic amines) is 1. The molecule has 2 amide bonds. The Bertz CT molecular complexity index is 555. The van der Waals surface area contributed by atoms with E-state index in [1.807, 2.05) is 22.4 Å². The largest absolute Gasteiger partial charge is 0.351 e. The van der Waals surface area contributed by atoms with E-state index in [1.165, 1.54) is 4.88 Å². The molecule has 1 aliphatic carbocycles. The van der Waals surface area contributed by atoms with Gasteiger partial charge >= 0.3 is 0 Å². The number of nitrogens with one attached hydrogen (secondary N) is 1. The zero-order valence-corrected chi connectivity index (χ0v) is 14.1. The summed E-state index contributed by atoms with van der Waals surface area (Å²) in [5.74, 6) is 0.903. The predicted molar refractivity (Wildman–Crippen MR) is 87.4 cm³/mol. The molecule has 1 N–H and O–H groups in total. The summed E-state index contributed by atoms with van der Waals surface area (Å²) in [6.45, 7) is 6.36. The molecule has 1 spiro atoms. The normalized spacial score (nSPS) is 26.7. The quantitative estimate of drug-likeness (QED) is 0.907. The fourth-order valence-electron chi connectivity index (χ4n) is 3.47. The van der Waals surface area contributed by atoms with Crippen LogP contribution in [0.15, 0.2) is 17.5 Å². The molecule has 2 fully saturated rings. The summed E-state index contributed by atoms with van der Waals surface area (Å²) in [5.41, 5.74) is 0.0756. The number of hydrogen-bond donors (Lipinski definition) is 1. The Hall–Kier alpha value is -1.36. The zero-order chi connectivity index (χ0) is 15.7. The van der Waals surface area contributed by atoms with Crippen LogP contribution in [0.25, 0.3) is 0 Å². The average molecular weight is 320 g/mol. The summed E-state index contributed by atoms with van der Waals surface area (Å²) in [6, 6.07) is 4.04. The van der Waals surface area contributed by atoms with Gasteiger partial charge in [0.2, 0.25) is 11.8 Å². The molecule has 0 bridgehead atoms. The first-order chi connectivity index (χ1) is 10.5. The molecule has 2 heterocycles. The predicted octanol–water partition coefficient (Wildman–Crippen LogP) is 2.65. The van der Waals surface area contributed by atoms with Crippen molar-refractivity contribution in [3.8, 4) is 0 Å². The maximum atomic E-state index is 12.3. The Kier molecular flexibility index (Phi) is 4.26. The molecular weight excluding hydrogens is 296 g/mol. The van der Waals surface area contributed by atoms with Crippen molar-refractivity contribution in [3.63, 3.8) is 0 Å². The third kappa shape index (κ3) is 3.19. The van der Waals surface area contributed by atoms with Crippen molar-refractivity contribution >= 4 is 23.2 Å². The lowest BCUT2D eigenvalue weighted by Gasteiger charge is -2.18. The van der Waals surface area contributed by atoms with Crippen LogP contribution in [0.2, 0.25) is 0 Å². The zero-order valence-electron chi connectivity index (χ0n) is 13.3. The van der Waals surface area contributed by atoms with E-state index in [1.54, 1.807) is 11.3 Å². The van der Waals surface area contributed by atoms with Crippen LogP contribution in [0.1, 0.15) is 38.0 Å². The highest BCUT2D eigenvalue weighted by atomic mass is 32.1. The Morgan fingerprint density at radius 2 is 2.32 bits per heavy atom. The van der Waals surface area contributed by atoms with Crippen LogP contribution in [0, 0.1) is 17.3 Å². The number of carbonyl (C=O) groups excluding carboxylic acids is 2. The molecule has 2 atom stereocenters. The third-order valence-corrected chi connectivity index (χ3v) is 5.72. The maximum Gasteiger partial charge on any atom is 0.224 e. The molecule has 1 saturated heterocycles. The highest BCUT2D eigenvalue weighted by Gasteiger charge is 2.61. The maximum absolute atomic E-state index is 12.3. The average Bonchev–Trinajstić information content (AvgIpc) is 2.81. The summed E-state index contributed by atoms with van der Waals surface area (Å²) in [7, 11) is 0. The molecule has 2 aliphatic rings. The van der Waals surface area contributed by atoms with Crippen LogP contribution in [-0.2, 0) is 16.1 Å². The topological polar surface area (TPSA) is 49.4 Å². The molecule has 5 heteroatoms. The monoisotopic (exact) mass is 320 g/mol. The number of hydrogen-bond acceptors (Lipinski definition) is 3. The van der Waals surface area contributed by atoms with Gasteiger partial charge in [-0.2, -0.15) is 0 Å². The summed E-state index contributed by atoms with van der Waals surface area (Å²) in [4.78, 5) is 27.6. The Morgan fingerprint density at radius 3 is 3.00 bits per heavy atom. The summed E-state index contributed by atoms with van der Waals surface area (Å²) in [6.07, 6.45) is 2.54. The highest BCUT2D eigenvalue weighted by molar-refractivity contribution is 7.09. The molecule has 0 unspecified atom stereocenters. The Balaban J connectivity index is 1.49. The lowest BCUT2D eigenvalue weighted by atomic mass is 10.0. The van der Waals surface area contributed by atoms with Crippen LogP contribution < -0.4 is 5.32 Å². The summed E-state index contributed by atoms with van der Waals surface area (Å²) in [5, 5.41) is 5.07. The van der Waals surface area contributed by atoms with Crippen molar-refractivity contribution in [3.05, 3.63) is 22.4 Å². The number of nitrogens with zero attached hydrogens (tertiary/aromatic N) is 1. The molecular formula is C17H24N2O2S. The number of rotatable bonds is 5. The van der Waals surface area contributed by atoms with Crippen molar-refractivity contribution in [1.82, 2.24) is 10.2 Å². The molecule has 1 saturated carbocycles. The van der Waals surface area contributed by atoms with E-state index in [9.17, 15) is 9.59 Å². The summed E-state index contributed by atoms with van der Waals surface area (Å²) >= 11 is 1.66. The van der Waals surface area contributed by atoms with Gasteiger partial charge in [0.15, 0.2) is 0 Å². The smallest absolute Gasteiger partial charge is 0.224 e. The molecule has 0 radical (unpaired) electrons. The van der Waals surface area contributed by atoms with E-state index in [4.69, 9.17) is 0 Å². The standard InChI is InChI=1S/C17H24N2O2S/c1-12(2)8-15(20)19-6-5-17(11-19)9-14(17)16(21)18-10-13-4-3-7-22-13/h3-4,7,12,14H,5-6,8-11H2,1-2H3,(H,18,21)/t14-,17-/m1/s1. The van der Waals surface area contributed by atoms with E-state index in [0.29, 0.717) is 18.9 Å². The number of thiophene rings is 1. The fraction of sp³-hybridized carbons (Fsp3) is 0.647. The molecule has 22 heavy (non-hydrogen) atoms. The minimum atomic E-state index is 0.0756. The van der Waals surface area contributed by atoms with Crippen LogP contribution in [0.3, 0.4) is 0 Å². The van der Waals surface area contributed by atoms with Gasteiger partial charge in [-0.3, -0.25) is 9.59 Å². The highest BCUT2D eigenvalue weighted by Crippen LogP contribution is 2.58. The van der Waals surface area contributed by atoms with Gasteiger partial charge in [-0.1, -0.05) is 19.9 Å². The van der Waals surface area contributed by atoms with Gasteiger partial charge in [0.05, 0.1) is 6.54 Å². The molecule has 1 aromatic heterocycles. The molecule has 1 aliphatic heterocycles. The van der Waals surface area contributed by atoms with Gasteiger partial charge in [0.1, 0.15) is 0 Å². The van der Waals surface area contributed by atoms with Crippen molar-refractivity contribution in [2.24, 2.45) is 17.3 Å². The van der Waals surface area contributed by atoms with Gasteiger partial charge < -0.3 is 10.2 Å². The van der Waals surface area contributed by atoms with Gasteiger partial charge in [0, 0.05) is 35.7 Å². The van der Waals surface area contributed by atoms with Gasteiger partial charge in [-0.25, -0.2) is 0 Å². The van der Waals surface area contributed by atoms with E-state index in [-0.39, 0.29) is 23.1 Å². The molecule has 120 valence electrons. The van der Waals surface area contributed by atoms with Gasteiger partial charge in [-0.05, 0) is 30.2 Å². The SMILES string of the molecule is CC(C)CC(=O)N1CC[C@@]2(C[C@@H]2C(=O)NCc2cccs2)C1. The second kappa shape index (κ2) is 6.03. The molecule has 0 aromatic carbocycles. The Labute approximate surface area is 135 Å². The molecule has 3 rings (SSSR count).